The maximum absolute atomic E-state index is 13.0. The number of anilines is 1. The smallest absolute Gasteiger partial charge is 0.322 e. The Morgan fingerprint density at radius 1 is 1.14 bits per heavy atom. The average molecular weight is 394 g/mol. The molecule has 0 radical (unpaired) electrons. The fourth-order valence-corrected chi connectivity index (χ4v) is 2.82. The Labute approximate surface area is 170 Å². The van der Waals surface area contributed by atoms with Crippen molar-refractivity contribution in [2.45, 2.75) is 39.8 Å². The molecule has 7 heteroatoms. The highest BCUT2D eigenvalue weighted by Gasteiger charge is 2.29. The van der Waals surface area contributed by atoms with Crippen molar-refractivity contribution in [1.82, 2.24) is 15.0 Å². The van der Waals surface area contributed by atoms with Crippen LogP contribution in [0.2, 0.25) is 0 Å². The van der Waals surface area contributed by atoms with Crippen molar-refractivity contribution in [2.24, 2.45) is 0 Å². The van der Waals surface area contributed by atoms with Crippen LogP contribution in [0.4, 0.5) is 10.5 Å². The highest BCUT2D eigenvalue weighted by atomic mass is 16.5. The van der Waals surface area contributed by atoms with E-state index >= 15 is 0 Å². The standard InChI is InChI=1S/C22H26N4O3/c1-15-10-12-16(13-11-15)20-24-19(29-25-20)14-26(22(2,3)4)21(27)23-17-8-6-7-9-18(17)28-5/h6-13H,14H2,1-5H3,(H,23,27). The molecule has 2 aromatic carbocycles. The van der Waals surface area contributed by atoms with Gasteiger partial charge in [-0.15, -0.1) is 0 Å². The summed E-state index contributed by atoms with van der Waals surface area (Å²) in [6.45, 7) is 8.06. The molecule has 0 fully saturated rings. The number of carbonyl (C=O) groups excluding carboxylic acids is 1. The molecule has 0 aliphatic heterocycles. The Kier molecular flexibility index (Phi) is 5.87. The molecule has 7 nitrogen and oxygen atoms in total. The van der Waals surface area contributed by atoms with Crippen molar-refractivity contribution < 1.29 is 14.1 Å². The first-order chi connectivity index (χ1) is 13.8. The number of benzene rings is 2. The molecular formula is C22H26N4O3. The summed E-state index contributed by atoms with van der Waals surface area (Å²) in [4.78, 5) is 19.1. The molecule has 0 spiro atoms. The van der Waals surface area contributed by atoms with Gasteiger partial charge in [-0.3, -0.25) is 0 Å². The van der Waals surface area contributed by atoms with Crippen molar-refractivity contribution in [3.05, 3.63) is 60.0 Å². The number of ether oxygens (including phenoxy) is 1. The Morgan fingerprint density at radius 2 is 1.83 bits per heavy atom. The van der Waals surface area contributed by atoms with Crippen LogP contribution < -0.4 is 10.1 Å². The van der Waals surface area contributed by atoms with Gasteiger partial charge in [-0.25, -0.2) is 4.79 Å². The SMILES string of the molecule is COc1ccccc1NC(=O)N(Cc1nc(-c2ccc(C)cc2)no1)C(C)(C)C. The highest BCUT2D eigenvalue weighted by molar-refractivity contribution is 5.91. The van der Waals surface area contributed by atoms with E-state index in [4.69, 9.17) is 9.26 Å². The number of methoxy groups -OCH3 is 1. The number of nitrogens with one attached hydrogen (secondary N) is 1. The van der Waals surface area contributed by atoms with Gasteiger partial charge in [0.15, 0.2) is 0 Å². The molecule has 0 saturated carbocycles. The fourth-order valence-electron chi connectivity index (χ4n) is 2.82. The Bertz CT molecular complexity index is 974. The summed E-state index contributed by atoms with van der Waals surface area (Å²) in [5, 5.41) is 6.96. The number of urea groups is 1. The molecule has 0 aliphatic rings. The third kappa shape index (κ3) is 4.93. The second-order valence-electron chi connectivity index (χ2n) is 7.77. The summed E-state index contributed by atoms with van der Waals surface area (Å²) in [6, 6.07) is 14.9. The van der Waals surface area contributed by atoms with Crippen LogP contribution in [0.1, 0.15) is 32.2 Å². The largest absolute Gasteiger partial charge is 0.495 e. The average Bonchev–Trinajstić information content (AvgIpc) is 3.15. The van der Waals surface area contributed by atoms with E-state index in [1.807, 2.05) is 64.1 Å². The molecule has 0 bridgehead atoms. The third-order valence-corrected chi connectivity index (χ3v) is 4.47. The van der Waals surface area contributed by atoms with Gasteiger partial charge in [0.1, 0.15) is 12.3 Å². The lowest BCUT2D eigenvalue weighted by Gasteiger charge is -2.34. The molecule has 1 aromatic heterocycles. The summed E-state index contributed by atoms with van der Waals surface area (Å²) >= 11 is 0. The zero-order chi connectivity index (χ0) is 21.0. The van der Waals surface area contributed by atoms with Crippen molar-refractivity contribution in [3.63, 3.8) is 0 Å². The van der Waals surface area contributed by atoms with Crippen LogP contribution in [-0.2, 0) is 6.54 Å². The molecule has 1 heterocycles. The lowest BCUT2D eigenvalue weighted by Crippen LogP contribution is -2.47. The van der Waals surface area contributed by atoms with E-state index in [1.165, 1.54) is 0 Å². The molecule has 0 atom stereocenters. The lowest BCUT2D eigenvalue weighted by molar-refractivity contribution is 0.139. The number of hydrogen-bond acceptors (Lipinski definition) is 5. The Balaban J connectivity index is 1.79. The number of para-hydroxylation sites is 2. The molecule has 152 valence electrons. The van der Waals surface area contributed by atoms with Crippen LogP contribution in [0.5, 0.6) is 5.75 Å². The fraction of sp³-hybridized carbons (Fsp3) is 0.318. The number of amides is 2. The van der Waals surface area contributed by atoms with Crippen LogP contribution in [0, 0.1) is 6.92 Å². The van der Waals surface area contributed by atoms with E-state index in [9.17, 15) is 4.79 Å². The van der Waals surface area contributed by atoms with Gasteiger partial charge in [0.05, 0.1) is 12.8 Å². The van der Waals surface area contributed by atoms with Crippen molar-refractivity contribution in [2.75, 3.05) is 12.4 Å². The Morgan fingerprint density at radius 3 is 2.48 bits per heavy atom. The summed E-state index contributed by atoms with van der Waals surface area (Å²) in [5.74, 6) is 1.46. The maximum atomic E-state index is 13.0. The first kappa shape index (κ1) is 20.4. The predicted molar refractivity (Wildman–Crippen MR) is 112 cm³/mol. The number of hydrogen-bond donors (Lipinski definition) is 1. The summed E-state index contributed by atoms with van der Waals surface area (Å²) in [7, 11) is 1.57. The first-order valence-corrected chi connectivity index (χ1v) is 9.39. The third-order valence-electron chi connectivity index (χ3n) is 4.47. The number of aromatic nitrogens is 2. The van der Waals surface area contributed by atoms with E-state index in [1.54, 1.807) is 24.1 Å². The van der Waals surface area contributed by atoms with Crippen LogP contribution >= 0.6 is 0 Å². The zero-order valence-electron chi connectivity index (χ0n) is 17.4. The van der Waals surface area contributed by atoms with Crippen LogP contribution in [-0.4, -0.2) is 33.7 Å². The van der Waals surface area contributed by atoms with Gasteiger partial charge in [0, 0.05) is 11.1 Å². The summed E-state index contributed by atoms with van der Waals surface area (Å²) in [6.07, 6.45) is 0. The minimum absolute atomic E-state index is 0.184. The van der Waals surface area contributed by atoms with E-state index in [-0.39, 0.29) is 12.6 Å². The van der Waals surface area contributed by atoms with E-state index < -0.39 is 5.54 Å². The lowest BCUT2D eigenvalue weighted by atomic mass is 10.1. The molecule has 3 aromatic rings. The van der Waals surface area contributed by atoms with Gasteiger partial charge < -0.3 is 19.5 Å². The topological polar surface area (TPSA) is 80.5 Å². The number of carbonyl (C=O) groups is 1. The van der Waals surface area contributed by atoms with Crippen LogP contribution in [0.3, 0.4) is 0 Å². The molecule has 0 aliphatic carbocycles. The van der Waals surface area contributed by atoms with Gasteiger partial charge in [-0.05, 0) is 39.8 Å². The summed E-state index contributed by atoms with van der Waals surface area (Å²) < 4.78 is 10.7. The number of aryl methyl sites for hydroxylation is 1. The first-order valence-electron chi connectivity index (χ1n) is 9.39. The molecular weight excluding hydrogens is 368 g/mol. The monoisotopic (exact) mass is 394 g/mol. The number of nitrogens with zero attached hydrogens (tertiary/aromatic N) is 3. The predicted octanol–water partition coefficient (Wildman–Crippen LogP) is 4.89. The maximum Gasteiger partial charge on any atom is 0.322 e. The van der Waals surface area contributed by atoms with Crippen molar-refractivity contribution in [3.8, 4) is 17.1 Å². The second kappa shape index (κ2) is 8.34. The molecule has 3 rings (SSSR count). The van der Waals surface area contributed by atoms with E-state index in [0.717, 1.165) is 11.1 Å². The molecule has 0 unspecified atom stereocenters. The van der Waals surface area contributed by atoms with Crippen LogP contribution in [0.25, 0.3) is 11.4 Å². The quantitative estimate of drug-likeness (QED) is 0.667. The van der Waals surface area contributed by atoms with Gasteiger partial charge in [0.25, 0.3) is 0 Å². The van der Waals surface area contributed by atoms with Gasteiger partial charge >= 0.3 is 6.03 Å². The number of rotatable bonds is 5. The molecule has 29 heavy (non-hydrogen) atoms. The minimum atomic E-state index is -0.468. The Hall–Kier alpha value is -3.35. The second-order valence-corrected chi connectivity index (χ2v) is 7.77. The van der Waals surface area contributed by atoms with Crippen LogP contribution in [0.15, 0.2) is 53.1 Å². The van der Waals surface area contributed by atoms with Gasteiger partial charge in [0.2, 0.25) is 11.7 Å². The van der Waals surface area contributed by atoms with E-state index in [2.05, 4.69) is 15.5 Å². The zero-order valence-corrected chi connectivity index (χ0v) is 17.4. The normalized spacial score (nSPS) is 11.2. The molecule has 0 saturated heterocycles. The minimum Gasteiger partial charge on any atom is -0.495 e. The van der Waals surface area contributed by atoms with Gasteiger partial charge in [-0.1, -0.05) is 47.1 Å². The molecule has 2 amide bonds. The van der Waals surface area contributed by atoms with Gasteiger partial charge in [-0.2, -0.15) is 4.98 Å². The van der Waals surface area contributed by atoms with Crippen molar-refractivity contribution in [1.29, 1.82) is 0 Å². The summed E-state index contributed by atoms with van der Waals surface area (Å²) in [5.41, 5.74) is 2.15. The van der Waals surface area contributed by atoms with Crippen molar-refractivity contribution >= 4 is 11.7 Å². The molecule has 1 N–H and O–H groups in total. The van der Waals surface area contributed by atoms with E-state index in [0.29, 0.717) is 23.2 Å². The highest BCUT2D eigenvalue weighted by Crippen LogP contribution is 2.26.